The van der Waals surface area contributed by atoms with Crippen molar-refractivity contribution in [3.8, 4) is 0 Å². The van der Waals surface area contributed by atoms with Gasteiger partial charge >= 0.3 is 0 Å². The molecular formula is C15H11NO4. The lowest BCUT2D eigenvalue weighted by molar-refractivity contribution is -0.385. The molecule has 0 spiro atoms. The number of nitro benzene ring substituents is 1. The SMILES string of the molecule is O=C(c1ccccc1)[C@H]1O[C@H]1c1ccccc1[N+](=O)[O-]. The van der Waals surface area contributed by atoms with Crippen molar-refractivity contribution in [3.05, 3.63) is 75.8 Å². The second-order valence-corrected chi connectivity index (χ2v) is 4.52. The van der Waals surface area contributed by atoms with Gasteiger partial charge in [-0.3, -0.25) is 14.9 Å². The fourth-order valence-corrected chi connectivity index (χ4v) is 2.21. The Hall–Kier alpha value is -2.53. The number of hydrogen-bond acceptors (Lipinski definition) is 4. The van der Waals surface area contributed by atoms with E-state index >= 15 is 0 Å². The highest BCUT2D eigenvalue weighted by Crippen LogP contribution is 2.44. The van der Waals surface area contributed by atoms with Gasteiger partial charge in [0.1, 0.15) is 6.10 Å². The standard InChI is InChI=1S/C15H11NO4/c17-13(10-6-2-1-3-7-10)15-14(20-15)11-8-4-5-9-12(11)16(18)19/h1-9,14-15H/t14-,15+/m0/s1. The molecule has 1 fully saturated rings. The molecule has 1 aliphatic rings. The van der Waals surface area contributed by atoms with Crippen molar-refractivity contribution in [1.82, 2.24) is 0 Å². The zero-order valence-corrected chi connectivity index (χ0v) is 10.4. The fourth-order valence-electron chi connectivity index (χ4n) is 2.21. The summed E-state index contributed by atoms with van der Waals surface area (Å²) in [7, 11) is 0. The van der Waals surface area contributed by atoms with E-state index in [1.807, 2.05) is 6.07 Å². The van der Waals surface area contributed by atoms with Crippen LogP contribution in [0.1, 0.15) is 22.0 Å². The number of nitro groups is 1. The summed E-state index contributed by atoms with van der Waals surface area (Å²) in [5, 5.41) is 11.0. The van der Waals surface area contributed by atoms with Gasteiger partial charge in [-0.15, -0.1) is 0 Å². The zero-order chi connectivity index (χ0) is 14.1. The van der Waals surface area contributed by atoms with Crippen molar-refractivity contribution in [3.63, 3.8) is 0 Å². The first-order chi connectivity index (χ1) is 9.68. The van der Waals surface area contributed by atoms with E-state index in [1.165, 1.54) is 6.07 Å². The Morgan fingerprint density at radius 2 is 1.70 bits per heavy atom. The smallest absolute Gasteiger partial charge is 0.275 e. The quantitative estimate of drug-likeness (QED) is 0.370. The number of para-hydroxylation sites is 1. The van der Waals surface area contributed by atoms with Gasteiger partial charge in [-0.05, 0) is 6.07 Å². The van der Waals surface area contributed by atoms with Gasteiger partial charge in [0.05, 0.1) is 10.5 Å². The molecule has 1 aliphatic heterocycles. The molecule has 0 saturated carbocycles. The molecule has 5 nitrogen and oxygen atoms in total. The second-order valence-electron chi connectivity index (χ2n) is 4.52. The summed E-state index contributed by atoms with van der Waals surface area (Å²) in [6.45, 7) is 0. The molecule has 1 heterocycles. The highest BCUT2D eigenvalue weighted by Gasteiger charge is 2.48. The predicted molar refractivity (Wildman–Crippen MR) is 71.5 cm³/mol. The molecular weight excluding hydrogens is 258 g/mol. The number of rotatable bonds is 4. The van der Waals surface area contributed by atoms with E-state index in [1.54, 1.807) is 42.5 Å². The zero-order valence-electron chi connectivity index (χ0n) is 10.4. The van der Waals surface area contributed by atoms with E-state index in [-0.39, 0.29) is 11.5 Å². The first-order valence-corrected chi connectivity index (χ1v) is 6.16. The molecule has 20 heavy (non-hydrogen) atoms. The Morgan fingerprint density at radius 1 is 1.05 bits per heavy atom. The molecule has 2 aromatic carbocycles. The van der Waals surface area contributed by atoms with Crippen LogP contribution in [0, 0.1) is 10.1 Å². The van der Waals surface area contributed by atoms with Gasteiger partial charge in [0.15, 0.2) is 11.9 Å². The molecule has 0 unspecified atom stereocenters. The van der Waals surface area contributed by atoms with Gasteiger partial charge in [0.2, 0.25) is 0 Å². The van der Waals surface area contributed by atoms with Gasteiger partial charge in [0, 0.05) is 11.6 Å². The second kappa shape index (κ2) is 4.86. The average Bonchev–Trinajstić information content (AvgIpc) is 3.27. The van der Waals surface area contributed by atoms with Crippen LogP contribution in [0.2, 0.25) is 0 Å². The monoisotopic (exact) mass is 269 g/mol. The van der Waals surface area contributed by atoms with Crippen molar-refractivity contribution in [2.24, 2.45) is 0 Å². The predicted octanol–water partition coefficient (Wildman–Crippen LogP) is 2.92. The number of ether oxygens (including phenoxy) is 1. The minimum atomic E-state index is -0.626. The van der Waals surface area contributed by atoms with Gasteiger partial charge < -0.3 is 4.74 Å². The van der Waals surface area contributed by atoms with Crippen LogP contribution in [0.5, 0.6) is 0 Å². The van der Waals surface area contributed by atoms with E-state index in [2.05, 4.69) is 0 Å². The third-order valence-electron chi connectivity index (χ3n) is 3.25. The Labute approximate surface area is 115 Å². The third-order valence-corrected chi connectivity index (χ3v) is 3.25. The normalized spacial score (nSPS) is 20.4. The molecule has 0 amide bonds. The molecule has 0 aromatic heterocycles. The maximum Gasteiger partial charge on any atom is 0.275 e. The molecule has 2 aromatic rings. The van der Waals surface area contributed by atoms with E-state index in [4.69, 9.17) is 4.74 Å². The number of carbonyl (C=O) groups is 1. The van der Waals surface area contributed by atoms with Crippen LogP contribution in [0.3, 0.4) is 0 Å². The highest BCUT2D eigenvalue weighted by molar-refractivity contribution is 6.01. The van der Waals surface area contributed by atoms with E-state index < -0.39 is 17.1 Å². The summed E-state index contributed by atoms with van der Waals surface area (Å²) in [6, 6.07) is 15.1. The molecule has 100 valence electrons. The average molecular weight is 269 g/mol. The van der Waals surface area contributed by atoms with Crippen LogP contribution in [-0.4, -0.2) is 16.8 Å². The van der Waals surface area contributed by atoms with Crippen molar-refractivity contribution >= 4 is 11.5 Å². The van der Waals surface area contributed by atoms with Gasteiger partial charge in [0.25, 0.3) is 5.69 Å². The Morgan fingerprint density at radius 3 is 2.40 bits per heavy atom. The third kappa shape index (κ3) is 2.19. The molecule has 5 heteroatoms. The van der Waals surface area contributed by atoms with E-state index in [9.17, 15) is 14.9 Å². The van der Waals surface area contributed by atoms with E-state index in [0.29, 0.717) is 11.1 Å². The number of hydrogen-bond donors (Lipinski definition) is 0. The number of ketones is 1. The van der Waals surface area contributed by atoms with Crippen LogP contribution in [-0.2, 0) is 4.74 Å². The van der Waals surface area contributed by atoms with Crippen LogP contribution >= 0.6 is 0 Å². The van der Waals surface area contributed by atoms with Crippen LogP contribution in [0.25, 0.3) is 0 Å². The van der Waals surface area contributed by atoms with Crippen molar-refractivity contribution in [2.45, 2.75) is 12.2 Å². The lowest BCUT2D eigenvalue weighted by atomic mass is 10.0. The van der Waals surface area contributed by atoms with Crippen molar-refractivity contribution in [1.29, 1.82) is 0 Å². The number of Topliss-reactive ketones (excluding diaryl/α,β-unsaturated/α-hetero) is 1. The molecule has 0 bridgehead atoms. The minimum Gasteiger partial charge on any atom is -0.355 e. The van der Waals surface area contributed by atoms with Crippen LogP contribution in [0.15, 0.2) is 54.6 Å². The maximum atomic E-state index is 12.2. The Bertz CT molecular complexity index is 669. The lowest BCUT2D eigenvalue weighted by Crippen LogP contribution is -2.08. The van der Waals surface area contributed by atoms with Gasteiger partial charge in [-0.2, -0.15) is 0 Å². The topological polar surface area (TPSA) is 72.7 Å². The number of epoxide rings is 1. The van der Waals surface area contributed by atoms with Crippen molar-refractivity contribution < 1.29 is 14.5 Å². The molecule has 2 atom stereocenters. The van der Waals surface area contributed by atoms with Gasteiger partial charge in [-0.1, -0.05) is 42.5 Å². The molecule has 3 rings (SSSR count). The first kappa shape index (κ1) is 12.5. The summed E-state index contributed by atoms with van der Waals surface area (Å²) in [5.41, 5.74) is 0.992. The van der Waals surface area contributed by atoms with Gasteiger partial charge in [-0.25, -0.2) is 0 Å². The minimum absolute atomic E-state index is 0.0131. The summed E-state index contributed by atoms with van der Waals surface area (Å²) < 4.78 is 5.36. The highest BCUT2D eigenvalue weighted by atomic mass is 16.6. The molecule has 1 saturated heterocycles. The van der Waals surface area contributed by atoms with E-state index in [0.717, 1.165) is 0 Å². The van der Waals surface area contributed by atoms with Crippen LogP contribution < -0.4 is 0 Å². The number of benzene rings is 2. The number of nitrogens with zero attached hydrogens (tertiary/aromatic N) is 1. The molecule has 0 radical (unpaired) electrons. The molecule has 0 aliphatic carbocycles. The first-order valence-electron chi connectivity index (χ1n) is 6.16. The number of carbonyl (C=O) groups excluding carboxylic acids is 1. The molecule has 0 N–H and O–H groups in total. The van der Waals surface area contributed by atoms with Crippen molar-refractivity contribution in [2.75, 3.05) is 0 Å². The summed E-state index contributed by atoms with van der Waals surface area (Å²) in [5.74, 6) is -0.145. The lowest BCUT2D eigenvalue weighted by Gasteiger charge is -1.99. The largest absolute Gasteiger partial charge is 0.355 e. The van der Waals surface area contributed by atoms with Crippen LogP contribution in [0.4, 0.5) is 5.69 Å². The Balaban J connectivity index is 1.83. The maximum absolute atomic E-state index is 12.2. The summed E-state index contributed by atoms with van der Waals surface area (Å²) >= 11 is 0. The fraction of sp³-hybridized carbons (Fsp3) is 0.133. The summed E-state index contributed by atoms with van der Waals surface area (Å²) in [6.07, 6.45) is -1.15. The Kier molecular flexibility index (Phi) is 3.04. The summed E-state index contributed by atoms with van der Waals surface area (Å²) in [4.78, 5) is 22.7.